The van der Waals surface area contributed by atoms with Gasteiger partial charge < -0.3 is 9.47 Å². The molecule has 16 heavy (non-hydrogen) atoms. The SMILES string of the molecule is O=Cc1cc(Br)ccc1O[C@H]1C=CCOC1. The Balaban J connectivity index is 2.16. The number of ether oxygens (including phenoxy) is 2. The number of hydrogen-bond donors (Lipinski definition) is 0. The van der Waals surface area contributed by atoms with Crippen LogP contribution in [0.3, 0.4) is 0 Å². The van der Waals surface area contributed by atoms with E-state index in [2.05, 4.69) is 15.9 Å². The summed E-state index contributed by atoms with van der Waals surface area (Å²) in [5.74, 6) is 0.582. The van der Waals surface area contributed by atoms with Crippen molar-refractivity contribution in [3.8, 4) is 5.75 Å². The van der Waals surface area contributed by atoms with E-state index in [9.17, 15) is 4.79 Å². The molecular weight excluding hydrogens is 272 g/mol. The Labute approximate surface area is 102 Å². The minimum atomic E-state index is -0.117. The van der Waals surface area contributed by atoms with Crippen LogP contribution in [0.5, 0.6) is 5.75 Å². The van der Waals surface area contributed by atoms with Crippen LogP contribution in [0.1, 0.15) is 10.4 Å². The third-order valence-corrected chi connectivity index (χ3v) is 2.72. The summed E-state index contributed by atoms with van der Waals surface area (Å²) in [5, 5.41) is 0. The van der Waals surface area contributed by atoms with Gasteiger partial charge >= 0.3 is 0 Å². The molecule has 1 aromatic carbocycles. The predicted molar refractivity (Wildman–Crippen MR) is 63.9 cm³/mol. The summed E-state index contributed by atoms with van der Waals surface area (Å²) >= 11 is 3.31. The molecule has 0 radical (unpaired) electrons. The smallest absolute Gasteiger partial charge is 0.153 e. The molecule has 0 N–H and O–H groups in total. The number of carbonyl (C=O) groups is 1. The molecule has 0 bridgehead atoms. The van der Waals surface area contributed by atoms with Crippen molar-refractivity contribution in [2.45, 2.75) is 6.10 Å². The van der Waals surface area contributed by atoms with Crippen LogP contribution in [0.25, 0.3) is 0 Å². The molecule has 0 saturated heterocycles. The molecule has 4 heteroatoms. The average molecular weight is 283 g/mol. The monoisotopic (exact) mass is 282 g/mol. The summed E-state index contributed by atoms with van der Waals surface area (Å²) < 4.78 is 11.8. The van der Waals surface area contributed by atoms with Crippen LogP contribution in [0, 0.1) is 0 Å². The van der Waals surface area contributed by atoms with Crippen molar-refractivity contribution < 1.29 is 14.3 Å². The summed E-state index contributed by atoms with van der Waals surface area (Å²) in [6.07, 6.45) is 4.52. The molecule has 1 aromatic rings. The van der Waals surface area contributed by atoms with Crippen LogP contribution in [0.4, 0.5) is 0 Å². The largest absolute Gasteiger partial charge is 0.483 e. The lowest BCUT2D eigenvalue weighted by Crippen LogP contribution is -2.24. The van der Waals surface area contributed by atoms with E-state index in [1.807, 2.05) is 18.2 Å². The summed E-state index contributed by atoms with van der Waals surface area (Å²) in [4.78, 5) is 10.9. The van der Waals surface area contributed by atoms with Gasteiger partial charge in [0.25, 0.3) is 0 Å². The van der Waals surface area contributed by atoms with Gasteiger partial charge in [0.1, 0.15) is 11.9 Å². The van der Waals surface area contributed by atoms with Crippen molar-refractivity contribution in [3.63, 3.8) is 0 Å². The molecule has 1 atom stereocenters. The lowest BCUT2D eigenvalue weighted by molar-refractivity contribution is 0.0747. The highest BCUT2D eigenvalue weighted by Gasteiger charge is 2.12. The Kier molecular flexibility index (Phi) is 3.74. The lowest BCUT2D eigenvalue weighted by Gasteiger charge is -2.19. The van der Waals surface area contributed by atoms with Gasteiger partial charge in [-0.15, -0.1) is 0 Å². The number of hydrogen-bond acceptors (Lipinski definition) is 3. The second-order valence-corrected chi connectivity index (χ2v) is 4.34. The van der Waals surface area contributed by atoms with E-state index >= 15 is 0 Å². The molecule has 0 spiro atoms. The average Bonchev–Trinajstić information content (AvgIpc) is 2.33. The zero-order chi connectivity index (χ0) is 11.4. The Morgan fingerprint density at radius 3 is 3.06 bits per heavy atom. The van der Waals surface area contributed by atoms with Crippen LogP contribution in [0.2, 0.25) is 0 Å². The molecule has 84 valence electrons. The number of rotatable bonds is 3. The highest BCUT2D eigenvalue weighted by Crippen LogP contribution is 2.23. The maximum Gasteiger partial charge on any atom is 0.153 e. The molecular formula is C12H11BrO3. The molecule has 3 nitrogen and oxygen atoms in total. The first-order valence-corrected chi connectivity index (χ1v) is 5.74. The first-order valence-electron chi connectivity index (χ1n) is 4.95. The number of carbonyl (C=O) groups excluding carboxylic acids is 1. The summed E-state index contributed by atoms with van der Waals surface area (Å²) in [5.41, 5.74) is 0.536. The molecule has 0 aliphatic carbocycles. The quantitative estimate of drug-likeness (QED) is 0.632. The Bertz CT molecular complexity index is 415. The highest BCUT2D eigenvalue weighted by molar-refractivity contribution is 9.10. The molecule has 0 amide bonds. The van der Waals surface area contributed by atoms with Crippen molar-refractivity contribution in [1.82, 2.24) is 0 Å². The zero-order valence-corrected chi connectivity index (χ0v) is 10.1. The first kappa shape index (κ1) is 11.4. The van der Waals surface area contributed by atoms with Crippen molar-refractivity contribution in [1.29, 1.82) is 0 Å². The number of benzene rings is 1. The molecule has 0 saturated carbocycles. The van der Waals surface area contributed by atoms with E-state index in [-0.39, 0.29) is 6.10 Å². The number of aldehydes is 1. The summed E-state index contributed by atoms with van der Waals surface area (Å²) in [7, 11) is 0. The van der Waals surface area contributed by atoms with Crippen LogP contribution < -0.4 is 4.74 Å². The predicted octanol–water partition coefficient (Wildman–Crippen LogP) is 2.60. The van der Waals surface area contributed by atoms with Gasteiger partial charge in [-0.2, -0.15) is 0 Å². The maximum absolute atomic E-state index is 10.9. The van der Waals surface area contributed by atoms with E-state index in [0.717, 1.165) is 10.8 Å². The van der Waals surface area contributed by atoms with E-state index in [1.165, 1.54) is 0 Å². The van der Waals surface area contributed by atoms with Crippen LogP contribution >= 0.6 is 15.9 Å². The Morgan fingerprint density at radius 2 is 2.38 bits per heavy atom. The fourth-order valence-electron chi connectivity index (χ4n) is 1.47. The molecule has 2 rings (SSSR count). The fraction of sp³-hybridized carbons (Fsp3) is 0.250. The Hall–Kier alpha value is -1.13. The van der Waals surface area contributed by atoms with Gasteiger partial charge in [-0.25, -0.2) is 0 Å². The van der Waals surface area contributed by atoms with Crippen molar-refractivity contribution in [2.24, 2.45) is 0 Å². The molecule has 0 fully saturated rings. The van der Waals surface area contributed by atoms with Gasteiger partial charge in [0.15, 0.2) is 6.29 Å². The second kappa shape index (κ2) is 5.27. The van der Waals surface area contributed by atoms with Crippen LogP contribution in [0.15, 0.2) is 34.8 Å². The van der Waals surface area contributed by atoms with E-state index in [0.29, 0.717) is 24.5 Å². The molecule has 1 aliphatic rings. The van der Waals surface area contributed by atoms with Crippen LogP contribution in [-0.2, 0) is 4.74 Å². The molecule has 0 aromatic heterocycles. The Morgan fingerprint density at radius 1 is 1.50 bits per heavy atom. The van der Waals surface area contributed by atoms with Crippen molar-refractivity contribution >= 4 is 22.2 Å². The van der Waals surface area contributed by atoms with Crippen LogP contribution in [-0.4, -0.2) is 25.6 Å². The minimum absolute atomic E-state index is 0.117. The number of halogens is 1. The highest BCUT2D eigenvalue weighted by atomic mass is 79.9. The lowest BCUT2D eigenvalue weighted by atomic mass is 10.2. The first-order chi connectivity index (χ1) is 7.79. The van der Waals surface area contributed by atoms with Gasteiger partial charge in [-0.05, 0) is 24.3 Å². The fourth-order valence-corrected chi connectivity index (χ4v) is 1.85. The molecule has 1 aliphatic heterocycles. The molecule has 1 heterocycles. The minimum Gasteiger partial charge on any atom is -0.483 e. The van der Waals surface area contributed by atoms with Gasteiger partial charge in [-0.1, -0.05) is 22.0 Å². The third kappa shape index (κ3) is 2.71. The third-order valence-electron chi connectivity index (χ3n) is 2.22. The van der Waals surface area contributed by atoms with Crippen molar-refractivity contribution in [2.75, 3.05) is 13.2 Å². The standard InChI is InChI=1S/C12H11BrO3/c13-10-3-4-12(9(6-10)7-14)16-11-2-1-5-15-8-11/h1-4,6-7,11H,5,8H2/t11-/m0/s1. The summed E-state index contributed by atoms with van der Waals surface area (Å²) in [6.45, 7) is 1.14. The normalized spacial score (nSPS) is 19.4. The maximum atomic E-state index is 10.9. The summed E-state index contributed by atoms with van der Waals surface area (Å²) in [6, 6.07) is 5.35. The zero-order valence-electron chi connectivity index (χ0n) is 8.56. The molecule has 0 unspecified atom stereocenters. The topological polar surface area (TPSA) is 35.5 Å². The van der Waals surface area contributed by atoms with Gasteiger partial charge in [0, 0.05) is 4.47 Å². The van der Waals surface area contributed by atoms with E-state index in [1.54, 1.807) is 12.1 Å². The second-order valence-electron chi connectivity index (χ2n) is 3.42. The van der Waals surface area contributed by atoms with E-state index in [4.69, 9.17) is 9.47 Å². The van der Waals surface area contributed by atoms with Gasteiger partial charge in [0.05, 0.1) is 18.8 Å². The van der Waals surface area contributed by atoms with Crippen molar-refractivity contribution in [3.05, 3.63) is 40.4 Å². The van der Waals surface area contributed by atoms with E-state index < -0.39 is 0 Å². The van der Waals surface area contributed by atoms with Gasteiger partial charge in [0.2, 0.25) is 0 Å². The van der Waals surface area contributed by atoms with Gasteiger partial charge in [-0.3, -0.25) is 4.79 Å².